The highest BCUT2D eigenvalue weighted by Crippen LogP contribution is 2.34. The molecule has 3 heteroatoms. The molecule has 0 aromatic heterocycles. The highest BCUT2D eigenvalue weighted by atomic mass is 16.2. The van der Waals surface area contributed by atoms with Crippen LogP contribution in [0.2, 0.25) is 0 Å². The van der Waals surface area contributed by atoms with Crippen molar-refractivity contribution in [1.29, 1.82) is 0 Å². The van der Waals surface area contributed by atoms with Crippen LogP contribution in [0.5, 0.6) is 0 Å². The summed E-state index contributed by atoms with van der Waals surface area (Å²) in [5.74, 6) is 1.78. The molecule has 0 bridgehead atoms. The van der Waals surface area contributed by atoms with Crippen LogP contribution in [-0.4, -0.2) is 24.5 Å². The molecule has 0 spiro atoms. The molecule has 1 aliphatic carbocycles. The molecule has 17 heavy (non-hydrogen) atoms. The van der Waals surface area contributed by atoms with Gasteiger partial charge in [0.25, 0.3) is 0 Å². The average Bonchev–Trinajstić information content (AvgIpc) is 2.54. The summed E-state index contributed by atoms with van der Waals surface area (Å²) in [6.45, 7) is 5.48. The summed E-state index contributed by atoms with van der Waals surface area (Å²) in [7, 11) is 0. The monoisotopic (exact) mass is 238 g/mol. The first-order chi connectivity index (χ1) is 8.22. The molecule has 1 saturated carbocycles. The molecular weight excluding hydrogens is 212 g/mol. The first-order valence-electron chi connectivity index (χ1n) is 7.26. The minimum Gasteiger partial charge on any atom is -0.355 e. The van der Waals surface area contributed by atoms with Gasteiger partial charge in [0.15, 0.2) is 0 Å². The van der Waals surface area contributed by atoms with Crippen LogP contribution >= 0.6 is 0 Å². The number of carbonyl (C=O) groups excluding carboxylic acids is 1. The maximum atomic E-state index is 11.9. The molecule has 4 atom stereocenters. The maximum absolute atomic E-state index is 11.9. The highest BCUT2D eigenvalue weighted by molar-refractivity contribution is 5.81. The van der Waals surface area contributed by atoms with E-state index in [1.54, 1.807) is 0 Å². The lowest BCUT2D eigenvalue weighted by Crippen LogP contribution is -2.48. The number of amides is 1. The van der Waals surface area contributed by atoms with Crippen molar-refractivity contribution in [3.05, 3.63) is 0 Å². The molecule has 1 aliphatic heterocycles. The summed E-state index contributed by atoms with van der Waals surface area (Å²) in [6.07, 6.45) is 7.13. The molecule has 0 aromatic carbocycles. The zero-order valence-corrected chi connectivity index (χ0v) is 11.2. The molecule has 3 nitrogen and oxygen atoms in total. The van der Waals surface area contributed by atoms with E-state index in [0.29, 0.717) is 6.04 Å². The lowest BCUT2D eigenvalue weighted by atomic mass is 9.93. The van der Waals surface area contributed by atoms with Crippen LogP contribution in [0, 0.1) is 11.8 Å². The van der Waals surface area contributed by atoms with E-state index < -0.39 is 0 Å². The summed E-state index contributed by atoms with van der Waals surface area (Å²) in [5.41, 5.74) is 0. The van der Waals surface area contributed by atoms with Crippen LogP contribution < -0.4 is 10.6 Å². The third kappa shape index (κ3) is 3.01. The van der Waals surface area contributed by atoms with E-state index in [2.05, 4.69) is 24.5 Å². The molecule has 2 fully saturated rings. The van der Waals surface area contributed by atoms with Crippen LogP contribution in [0.15, 0.2) is 0 Å². The standard InChI is InChI=1S/C14H26N2O/c1-3-11-7-8-12(10(11)2)16-13-6-4-5-9-15-14(13)17/h10-13,16H,3-9H2,1-2H3,(H,15,17). The maximum Gasteiger partial charge on any atom is 0.237 e. The van der Waals surface area contributed by atoms with Gasteiger partial charge >= 0.3 is 0 Å². The Morgan fingerprint density at radius 3 is 2.82 bits per heavy atom. The molecule has 4 unspecified atom stereocenters. The number of carbonyl (C=O) groups is 1. The van der Waals surface area contributed by atoms with E-state index in [4.69, 9.17) is 0 Å². The SMILES string of the molecule is CCC1CCC(NC2CCCCNC2=O)C1C. The number of rotatable bonds is 3. The van der Waals surface area contributed by atoms with Gasteiger partial charge in [-0.15, -0.1) is 0 Å². The van der Waals surface area contributed by atoms with Gasteiger partial charge in [0.2, 0.25) is 5.91 Å². The van der Waals surface area contributed by atoms with Crippen molar-refractivity contribution < 1.29 is 4.79 Å². The Kier molecular flexibility index (Phi) is 4.43. The van der Waals surface area contributed by atoms with E-state index in [1.807, 2.05) is 0 Å². The second kappa shape index (κ2) is 5.85. The van der Waals surface area contributed by atoms with E-state index >= 15 is 0 Å². The van der Waals surface area contributed by atoms with Gasteiger partial charge in [-0.3, -0.25) is 4.79 Å². The first kappa shape index (κ1) is 12.9. The molecule has 0 aromatic rings. The topological polar surface area (TPSA) is 41.1 Å². The Labute approximate surface area is 105 Å². The summed E-state index contributed by atoms with van der Waals surface area (Å²) in [6, 6.07) is 0.606. The Hall–Kier alpha value is -0.570. The quantitative estimate of drug-likeness (QED) is 0.790. The predicted molar refractivity (Wildman–Crippen MR) is 69.8 cm³/mol. The van der Waals surface area contributed by atoms with Crippen molar-refractivity contribution >= 4 is 5.91 Å². The Morgan fingerprint density at radius 1 is 1.29 bits per heavy atom. The summed E-state index contributed by atoms with van der Waals surface area (Å²) in [5, 5.41) is 6.62. The van der Waals surface area contributed by atoms with Gasteiger partial charge in [0.05, 0.1) is 6.04 Å². The molecular formula is C14H26N2O. The van der Waals surface area contributed by atoms with Crippen LogP contribution in [0.3, 0.4) is 0 Å². The fraction of sp³-hybridized carbons (Fsp3) is 0.929. The van der Waals surface area contributed by atoms with Gasteiger partial charge in [0, 0.05) is 12.6 Å². The minimum atomic E-state index is 0.0561. The highest BCUT2D eigenvalue weighted by Gasteiger charge is 2.34. The molecule has 2 N–H and O–H groups in total. The van der Waals surface area contributed by atoms with E-state index in [9.17, 15) is 4.79 Å². The van der Waals surface area contributed by atoms with Crippen molar-refractivity contribution in [2.24, 2.45) is 11.8 Å². The predicted octanol–water partition coefficient (Wildman–Crippen LogP) is 2.07. The molecule has 1 saturated heterocycles. The first-order valence-corrected chi connectivity index (χ1v) is 7.26. The second-order valence-electron chi connectivity index (χ2n) is 5.72. The molecule has 0 radical (unpaired) electrons. The van der Waals surface area contributed by atoms with Gasteiger partial charge in [-0.05, 0) is 43.9 Å². The van der Waals surface area contributed by atoms with Crippen LogP contribution in [0.25, 0.3) is 0 Å². The summed E-state index contributed by atoms with van der Waals surface area (Å²) < 4.78 is 0. The second-order valence-corrected chi connectivity index (χ2v) is 5.72. The lowest BCUT2D eigenvalue weighted by Gasteiger charge is -2.25. The van der Waals surface area contributed by atoms with Crippen LogP contribution in [0.4, 0.5) is 0 Å². The average molecular weight is 238 g/mol. The summed E-state index contributed by atoms with van der Waals surface area (Å²) in [4.78, 5) is 11.9. The van der Waals surface area contributed by atoms with Crippen LogP contribution in [-0.2, 0) is 4.79 Å². The molecule has 2 rings (SSSR count). The number of hydrogen-bond donors (Lipinski definition) is 2. The van der Waals surface area contributed by atoms with Crippen molar-refractivity contribution in [3.63, 3.8) is 0 Å². The zero-order valence-electron chi connectivity index (χ0n) is 11.2. The normalized spacial score (nSPS) is 38.8. The van der Waals surface area contributed by atoms with Crippen molar-refractivity contribution in [3.8, 4) is 0 Å². The van der Waals surface area contributed by atoms with Crippen molar-refractivity contribution in [2.75, 3.05) is 6.54 Å². The Bertz CT molecular complexity index is 267. The fourth-order valence-corrected chi connectivity index (χ4v) is 3.42. The van der Waals surface area contributed by atoms with Crippen molar-refractivity contribution in [2.45, 2.75) is 64.5 Å². The minimum absolute atomic E-state index is 0.0561. The van der Waals surface area contributed by atoms with Gasteiger partial charge in [-0.1, -0.05) is 20.3 Å². The van der Waals surface area contributed by atoms with Gasteiger partial charge in [-0.25, -0.2) is 0 Å². The van der Waals surface area contributed by atoms with Crippen molar-refractivity contribution in [1.82, 2.24) is 10.6 Å². The molecule has 98 valence electrons. The largest absolute Gasteiger partial charge is 0.355 e. The molecule has 1 heterocycles. The smallest absolute Gasteiger partial charge is 0.237 e. The lowest BCUT2D eigenvalue weighted by molar-refractivity contribution is -0.123. The molecule has 2 aliphatic rings. The van der Waals surface area contributed by atoms with Gasteiger partial charge in [-0.2, -0.15) is 0 Å². The fourth-order valence-electron chi connectivity index (χ4n) is 3.42. The zero-order chi connectivity index (χ0) is 12.3. The number of hydrogen-bond acceptors (Lipinski definition) is 2. The summed E-state index contributed by atoms with van der Waals surface area (Å²) >= 11 is 0. The third-order valence-electron chi connectivity index (χ3n) is 4.70. The van der Waals surface area contributed by atoms with Crippen LogP contribution in [0.1, 0.15) is 52.4 Å². The third-order valence-corrected chi connectivity index (χ3v) is 4.70. The number of nitrogens with one attached hydrogen (secondary N) is 2. The van der Waals surface area contributed by atoms with Gasteiger partial charge < -0.3 is 10.6 Å². The molecule has 1 amide bonds. The van der Waals surface area contributed by atoms with E-state index in [-0.39, 0.29) is 11.9 Å². The van der Waals surface area contributed by atoms with E-state index in [0.717, 1.165) is 37.6 Å². The van der Waals surface area contributed by atoms with E-state index in [1.165, 1.54) is 19.3 Å². The Balaban J connectivity index is 1.89. The Morgan fingerprint density at radius 2 is 2.12 bits per heavy atom. The van der Waals surface area contributed by atoms with Gasteiger partial charge in [0.1, 0.15) is 0 Å².